The van der Waals surface area contributed by atoms with E-state index in [2.05, 4.69) is 0 Å². The molecule has 0 saturated heterocycles. The molecule has 19 heavy (non-hydrogen) atoms. The van der Waals surface area contributed by atoms with Crippen LogP contribution in [0.15, 0.2) is 47.4 Å². The number of carbonyl (C=O) groups excluding carboxylic acids is 1. The molecule has 0 heterocycles. The lowest BCUT2D eigenvalue weighted by atomic mass is 10.2. The number of hydrogen-bond acceptors (Lipinski definition) is 4. The lowest BCUT2D eigenvalue weighted by Gasteiger charge is -2.05. The van der Waals surface area contributed by atoms with Crippen molar-refractivity contribution in [3.05, 3.63) is 53.6 Å². The number of phenolic OH excluding ortho intramolecular Hbond substituents is 1. The van der Waals surface area contributed by atoms with E-state index in [0.29, 0.717) is 11.8 Å². The molecule has 98 valence electrons. The molecule has 0 aliphatic rings. The molecule has 0 amide bonds. The van der Waals surface area contributed by atoms with E-state index in [1.54, 1.807) is 31.0 Å². The van der Waals surface area contributed by atoms with Gasteiger partial charge in [-0.2, -0.15) is 0 Å². The van der Waals surface area contributed by atoms with Crippen LogP contribution in [-0.4, -0.2) is 18.5 Å². The third kappa shape index (κ3) is 3.51. The van der Waals surface area contributed by atoms with Crippen LogP contribution in [0.2, 0.25) is 0 Å². The summed E-state index contributed by atoms with van der Waals surface area (Å²) in [7, 11) is 1.64. The number of phenols is 1. The van der Waals surface area contributed by atoms with Crippen molar-refractivity contribution in [2.75, 3.05) is 7.11 Å². The molecule has 0 spiro atoms. The van der Waals surface area contributed by atoms with Crippen molar-refractivity contribution in [2.24, 2.45) is 0 Å². The van der Waals surface area contributed by atoms with Crippen LogP contribution in [0.3, 0.4) is 0 Å². The maximum Gasteiger partial charge on any atom is 0.153 e. The van der Waals surface area contributed by atoms with Gasteiger partial charge in [-0.15, -0.1) is 11.8 Å². The van der Waals surface area contributed by atoms with Crippen LogP contribution in [-0.2, 0) is 5.75 Å². The predicted molar refractivity (Wildman–Crippen MR) is 76.0 cm³/mol. The van der Waals surface area contributed by atoms with Gasteiger partial charge >= 0.3 is 0 Å². The normalized spacial score (nSPS) is 10.2. The van der Waals surface area contributed by atoms with E-state index in [4.69, 9.17) is 4.74 Å². The minimum absolute atomic E-state index is 0.0229. The average Bonchev–Trinajstić information content (AvgIpc) is 2.46. The number of ether oxygens (including phenoxy) is 1. The number of rotatable bonds is 5. The predicted octanol–water partition coefficient (Wildman–Crippen LogP) is 3.51. The third-order valence-electron chi connectivity index (χ3n) is 2.69. The van der Waals surface area contributed by atoms with Gasteiger partial charge in [0.1, 0.15) is 11.5 Å². The Bertz CT molecular complexity index is 564. The molecular formula is C15H14O3S. The van der Waals surface area contributed by atoms with Gasteiger partial charge in [0.05, 0.1) is 12.7 Å². The number of hydrogen-bond donors (Lipinski definition) is 1. The zero-order chi connectivity index (χ0) is 13.7. The highest BCUT2D eigenvalue weighted by molar-refractivity contribution is 7.98. The Hall–Kier alpha value is -1.94. The van der Waals surface area contributed by atoms with Crippen LogP contribution >= 0.6 is 11.8 Å². The van der Waals surface area contributed by atoms with Crippen LogP contribution in [0.1, 0.15) is 15.9 Å². The fourth-order valence-corrected chi connectivity index (χ4v) is 2.49. The van der Waals surface area contributed by atoms with Crippen molar-refractivity contribution in [1.82, 2.24) is 0 Å². The Morgan fingerprint density at radius 1 is 1.21 bits per heavy atom. The molecule has 0 aromatic heterocycles. The molecule has 0 atom stereocenters. The molecule has 2 rings (SSSR count). The number of benzene rings is 2. The Labute approximate surface area is 116 Å². The van der Waals surface area contributed by atoms with E-state index < -0.39 is 0 Å². The van der Waals surface area contributed by atoms with E-state index in [-0.39, 0.29) is 5.75 Å². The van der Waals surface area contributed by atoms with E-state index in [1.807, 2.05) is 30.3 Å². The van der Waals surface area contributed by atoms with Gasteiger partial charge < -0.3 is 9.84 Å². The van der Waals surface area contributed by atoms with Crippen LogP contribution in [0, 0.1) is 0 Å². The molecule has 3 nitrogen and oxygen atoms in total. The molecule has 0 bridgehead atoms. The van der Waals surface area contributed by atoms with Crippen LogP contribution in [0.4, 0.5) is 0 Å². The molecule has 0 radical (unpaired) electrons. The standard InChI is InChI=1S/C15H14O3S/c1-18-13-5-2-11(3-6-13)10-19-14-7-4-12(9-16)15(17)8-14/h2-9,17H,10H2,1H3. The minimum atomic E-state index is 0.0229. The summed E-state index contributed by atoms with van der Waals surface area (Å²) in [5, 5.41) is 9.60. The van der Waals surface area contributed by atoms with Gasteiger partial charge in [-0.3, -0.25) is 4.79 Å². The molecule has 1 N–H and O–H groups in total. The summed E-state index contributed by atoms with van der Waals surface area (Å²) < 4.78 is 5.10. The molecule has 0 aliphatic carbocycles. The van der Waals surface area contributed by atoms with Gasteiger partial charge in [-0.1, -0.05) is 12.1 Å². The fraction of sp³-hybridized carbons (Fsp3) is 0.133. The average molecular weight is 274 g/mol. The largest absolute Gasteiger partial charge is 0.507 e. The number of thioether (sulfide) groups is 1. The van der Waals surface area contributed by atoms with Gasteiger partial charge in [-0.05, 0) is 35.9 Å². The lowest BCUT2D eigenvalue weighted by Crippen LogP contribution is -1.85. The second-order valence-electron chi connectivity index (χ2n) is 3.98. The SMILES string of the molecule is COc1ccc(CSc2ccc(C=O)c(O)c2)cc1. The summed E-state index contributed by atoms with van der Waals surface area (Å²) in [6.45, 7) is 0. The minimum Gasteiger partial charge on any atom is -0.507 e. The van der Waals surface area contributed by atoms with Gasteiger partial charge in [0.15, 0.2) is 6.29 Å². The first-order chi connectivity index (χ1) is 9.22. The summed E-state index contributed by atoms with van der Waals surface area (Å²) in [6.07, 6.45) is 0.646. The molecule has 0 fully saturated rings. The molecule has 4 heteroatoms. The summed E-state index contributed by atoms with van der Waals surface area (Å²) in [6, 6.07) is 12.9. The highest BCUT2D eigenvalue weighted by atomic mass is 32.2. The van der Waals surface area contributed by atoms with E-state index in [1.165, 1.54) is 5.56 Å². The molecular weight excluding hydrogens is 260 g/mol. The molecule has 2 aromatic carbocycles. The summed E-state index contributed by atoms with van der Waals surface area (Å²) in [5.74, 6) is 1.65. The molecule has 2 aromatic rings. The fourth-order valence-electron chi connectivity index (χ4n) is 1.60. The Balaban J connectivity index is 2.01. The van der Waals surface area contributed by atoms with Crippen LogP contribution in [0.25, 0.3) is 0 Å². The quantitative estimate of drug-likeness (QED) is 0.669. The van der Waals surface area contributed by atoms with Crippen molar-refractivity contribution in [2.45, 2.75) is 10.6 Å². The zero-order valence-corrected chi connectivity index (χ0v) is 11.3. The van der Waals surface area contributed by atoms with Gasteiger partial charge in [0.2, 0.25) is 0 Å². The highest BCUT2D eigenvalue weighted by Crippen LogP contribution is 2.28. The maximum absolute atomic E-state index is 10.6. The molecule has 0 unspecified atom stereocenters. The van der Waals surface area contributed by atoms with Gasteiger partial charge in [-0.25, -0.2) is 0 Å². The summed E-state index contributed by atoms with van der Waals surface area (Å²) >= 11 is 1.60. The maximum atomic E-state index is 10.6. The van der Waals surface area contributed by atoms with E-state index in [9.17, 15) is 9.90 Å². The zero-order valence-electron chi connectivity index (χ0n) is 10.5. The van der Waals surface area contributed by atoms with Crippen LogP contribution in [0.5, 0.6) is 11.5 Å². The van der Waals surface area contributed by atoms with Crippen molar-refractivity contribution in [1.29, 1.82) is 0 Å². The monoisotopic (exact) mass is 274 g/mol. The topological polar surface area (TPSA) is 46.5 Å². The summed E-state index contributed by atoms with van der Waals surface area (Å²) in [4.78, 5) is 11.5. The Morgan fingerprint density at radius 3 is 2.53 bits per heavy atom. The summed E-state index contributed by atoms with van der Waals surface area (Å²) in [5.41, 5.74) is 1.48. The van der Waals surface area contributed by atoms with Gasteiger partial charge in [0.25, 0.3) is 0 Å². The van der Waals surface area contributed by atoms with Crippen molar-refractivity contribution < 1.29 is 14.6 Å². The second kappa shape index (κ2) is 6.29. The Morgan fingerprint density at radius 2 is 1.95 bits per heavy atom. The molecule has 0 aliphatic heterocycles. The van der Waals surface area contributed by atoms with Crippen LogP contribution < -0.4 is 4.74 Å². The number of methoxy groups -OCH3 is 1. The van der Waals surface area contributed by atoms with E-state index >= 15 is 0 Å². The first-order valence-corrected chi connectivity index (χ1v) is 6.75. The number of aldehydes is 1. The second-order valence-corrected chi connectivity index (χ2v) is 5.02. The van der Waals surface area contributed by atoms with Crippen molar-refractivity contribution in [3.63, 3.8) is 0 Å². The number of carbonyl (C=O) groups is 1. The van der Waals surface area contributed by atoms with Gasteiger partial charge in [0, 0.05) is 10.6 Å². The number of aromatic hydroxyl groups is 1. The third-order valence-corrected chi connectivity index (χ3v) is 3.76. The van der Waals surface area contributed by atoms with E-state index in [0.717, 1.165) is 16.4 Å². The van der Waals surface area contributed by atoms with Crippen molar-refractivity contribution in [3.8, 4) is 11.5 Å². The molecule has 0 saturated carbocycles. The lowest BCUT2D eigenvalue weighted by molar-refractivity contribution is 0.112. The smallest absolute Gasteiger partial charge is 0.153 e. The Kier molecular flexibility index (Phi) is 4.47. The highest BCUT2D eigenvalue weighted by Gasteiger charge is 2.02. The first kappa shape index (κ1) is 13.5. The van der Waals surface area contributed by atoms with Crippen molar-refractivity contribution >= 4 is 18.0 Å². The first-order valence-electron chi connectivity index (χ1n) is 5.77.